The molecule has 0 aliphatic heterocycles. The predicted octanol–water partition coefficient (Wildman–Crippen LogP) is 3.55. The van der Waals surface area contributed by atoms with Crippen molar-refractivity contribution in [2.45, 2.75) is 6.61 Å². The Bertz CT molecular complexity index is 918. The molecule has 122 valence electrons. The van der Waals surface area contributed by atoms with Gasteiger partial charge in [-0.05, 0) is 35.7 Å². The Morgan fingerprint density at radius 2 is 2.00 bits per heavy atom. The molecule has 24 heavy (non-hydrogen) atoms. The van der Waals surface area contributed by atoms with Crippen LogP contribution in [0.15, 0.2) is 48.5 Å². The molecule has 6 heteroatoms. The minimum absolute atomic E-state index is 0.0608. The molecule has 0 amide bonds. The number of nitrogen functional groups attached to an aromatic ring is 1. The highest BCUT2D eigenvalue weighted by Crippen LogP contribution is 2.29. The van der Waals surface area contributed by atoms with Crippen molar-refractivity contribution in [2.75, 3.05) is 7.11 Å². The first kappa shape index (κ1) is 16.0. The molecule has 0 spiro atoms. The molecular weight excluding hydrogens is 324 g/mol. The third-order valence-corrected chi connectivity index (χ3v) is 4.71. The Hall–Kier alpha value is -2.86. The van der Waals surface area contributed by atoms with Gasteiger partial charge in [-0.15, -0.1) is 11.3 Å². The van der Waals surface area contributed by atoms with Crippen LogP contribution in [0.3, 0.4) is 0 Å². The van der Waals surface area contributed by atoms with Crippen LogP contribution in [-0.2, 0) is 11.3 Å². The van der Waals surface area contributed by atoms with E-state index < -0.39 is 0 Å². The highest BCUT2D eigenvalue weighted by atomic mass is 32.1. The molecule has 0 saturated heterocycles. The Labute approximate surface area is 143 Å². The van der Waals surface area contributed by atoms with Crippen molar-refractivity contribution in [1.29, 1.82) is 5.41 Å². The second kappa shape index (κ2) is 6.72. The zero-order valence-electron chi connectivity index (χ0n) is 13.0. The van der Waals surface area contributed by atoms with Crippen molar-refractivity contribution >= 4 is 33.2 Å². The first-order chi connectivity index (χ1) is 11.6. The van der Waals surface area contributed by atoms with E-state index in [1.165, 1.54) is 18.4 Å². The molecule has 3 aromatic rings. The Morgan fingerprint density at radius 3 is 2.75 bits per heavy atom. The number of benzene rings is 2. The fraction of sp³-hybridized carbons (Fsp3) is 0.111. The van der Waals surface area contributed by atoms with E-state index in [0.717, 1.165) is 20.5 Å². The maximum atomic E-state index is 11.8. The highest BCUT2D eigenvalue weighted by molar-refractivity contribution is 7.20. The zero-order valence-corrected chi connectivity index (χ0v) is 13.9. The Balaban J connectivity index is 1.81. The van der Waals surface area contributed by atoms with Crippen molar-refractivity contribution in [3.63, 3.8) is 0 Å². The number of hydrogen-bond donors (Lipinski definition) is 2. The van der Waals surface area contributed by atoms with Crippen LogP contribution in [-0.4, -0.2) is 18.9 Å². The summed E-state index contributed by atoms with van der Waals surface area (Å²) in [6.07, 6.45) is 0. The molecule has 0 unspecified atom stereocenters. The summed E-state index contributed by atoms with van der Waals surface area (Å²) >= 11 is 1.45. The summed E-state index contributed by atoms with van der Waals surface area (Å²) in [7, 11) is 1.36. The van der Waals surface area contributed by atoms with Crippen LogP contribution in [0.25, 0.3) is 10.1 Å². The van der Waals surface area contributed by atoms with Gasteiger partial charge in [0.1, 0.15) is 18.2 Å². The third-order valence-electron chi connectivity index (χ3n) is 3.57. The second-order valence-corrected chi connectivity index (χ2v) is 6.25. The molecule has 1 heterocycles. The van der Waals surface area contributed by atoms with Gasteiger partial charge >= 0.3 is 5.97 Å². The lowest BCUT2D eigenvalue weighted by Gasteiger charge is -2.10. The molecule has 5 nitrogen and oxygen atoms in total. The molecule has 0 aliphatic carbocycles. The van der Waals surface area contributed by atoms with Crippen molar-refractivity contribution < 1.29 is 14.3 Å². The van der Waals surface area contributed by atoms with E-state index in [0.29, 0.717) is 11.3 Å². The summed E-state index contributed by atoms with van der Waals surface area (Å²) < 4.78 is 11.6. The molecule has 3 rings (SSSR count). The number of nitrogens with one attached hydrogen (secondary N) is 1. The molecule has 0 fully saturated rings. The number of hydrogen-bond acceptors (Lipinski definition) is 5. The molecule has 3 N–H and O–H groups in total. The van der Waals surface area contributed by atoms with Crippen LogP contribution in [0.1, 0.15) is 20.8 Å². The topological polar surface area (TPSA) is 85.4 Å². The van der Waals surface area contributed by atoms with Gasteiger partial charge in [0.15, 0.2) is 0 Å². The van der Waals surface area contributed by atoms with Gasteiger partial charge in [-0.1, -0.05) is 18.2 Å². The molecule has 1 aromatic heterocycles. The summed E-state index contributed by atoms with van der Waals surface area (Å²) in [6, 6.07) is 14.8. The van der Waals surface area contributed by atoms with Crippen molar-refractivity contribution in [3.05, 3.63) is 64.5 Å². The van der Waals surface area contributed by atoms with Crippen LogP contribution in [0.2, 0.25) is 0 Å². The SMILES string of the molecule is COC(=O)c1ccccc1COc1ccc2cc(C(=N)N)sc2c1. The van der Waals surface area contributed by atoms with Gasteiger partial charge in [0, 0.05) is 10.3 Å². The number of thiophene rings is 1. The van der Waals surface area contributed by atoms with E-state index >= 15 is 0 Å². The van der Waals surface area contributed by atoms with Gasteiger partial charge in [-0.25, -0.2) is 4.79 Å². The summed E-state index contributed by atoms with van der Waals surface area (Å²) in [5.74, 6) is 0.374. The molecule has 0 bridgehead atoms. The molecule has 0 saturated carbocycles. The number of amidine groups is 1. The number of carbonyl (C=O) groups excluding carboxylic acids is 1. The average Bonchev–Trinajstić information content (AvgIpc) is 3.03. The van der Waals surface area contributed by atoms with Crippen LogP contribution >= 0.6 is 11.3 Å². The van der Waals surface area contributed by atoms with Crippen molar-refractivity contribution in [3.8, 4) is 5.75 Å². The second-order valence-electron chi connectivity index (χ2n) is 5.16. The van der Waals surface area contributed by atoms with Gasteiger partial charge < -0.3 is 15.2 Å². The lowest BCUT2D eigenvalue weighted by molar-refractivity contribution is 0.0597. The van der Waals surface area contributed by atoms with E-state index in [9.17, 15) is 4.79 Å². The van der Waals surface area contributed by atoms with Crippen molar-refractivity contribution in [1.82, 2.24) is 0 Å². The van der Waals surface area contributed by atoms with Crippen LogP contribution in [0, 0.1) is 5.41 Å². The lowest BCUT2D eigenvalue weighted by Crippen LogP contribution is -2.08. The van der Waals surface area contributed by atoms with E-state index in [2.05, 4.69) is 0 Å². The van der Waals surface area contributed by atoms with Gasteiger partial charge in [-0.3, -0.25) is 5.41 Å². The molecular formula is C18H16N2O3S. The summed E-state index contributed by atoms with van der Waals surface area (Å²) in [6.45, 7) is 0.266. The third kappa shape index (κ3) is 3.23. The van der Waals surface area contributed by atoms with E-state index in [-0.39, 0.29) is 18.4 Å². The number of fused-ring (bicyclic) bond motifs is 1. The number of esters is 1. The van der Waals surface area contributed by atoms with E-state index in [1.54, 1.807) is 12.1 Å². The van der Waals surface area contributed by atoms with Crippen LogP contribution in [0.5, 0.6) is 5.75 Å². The monoisotopic (exact) mass is 340 g/mol. The van der Waals surface area contributed by atoms with Gasteiger partial charge in [0.2, 0.25) is 0 Å². The first-order valence-corrected chi connectivity index (χ1v) is 8.07. The van der Waals surface area contributed by atoms with E-state index in [4.69, 9.17) is 20.6 Å². The highest BCUT2D eigenvalue weighted by Gasteiger charge is 2.12. The maximum Gasteiger partial charge on any atom is 0.338 e. The smallest absolute Gasteiger partial charge is 0.338 e. The number of methoxy groups -OCH3 is 1. The molecule has 0 atom stereocenters. The minimum atomic E-state index is -0.381. The molecule has 0 radical (unpaired) electrons. The first-order valence-electron chi connectivity index (χ1n) is 7.25. The van der Waals surface area contributed by atoms with Gasteiger partial charge in [0.25, 0.3) is 0 Å². The van der Waals surface area contributed by atoms with E-state index in [1.807, 2.05) is 36.4 Å². The Kier molecular flexibility index (Phi) is 4.48. The minimum Gasteiger partial charge on any atom is -0.489 e. The standard InChI is InChI=1S/C18H16N2O3S/c1-22-18(21)14-5-3-2-4-12(14)10-23-13-7-6-11-8-16(17(19)20)24-15(11)9-13/h2-9H,10H2,1H3,(H3,19,20). The fourth-order valence-corrected chi connectivity index (χ4v) is 3.30. The number of carbonyl (C=O) groups is 1. The number of rotatable bonds is 5. The quantitative estimate of drug-likeness (QED) is 0.422. The van der Waals surface area contributed by atoms with Gasteiger partial charge in [-0.2, -0.15) is 0 Å². The fourth-order valence-electron chi connectivity index (χ4n) is 2.35. The van der Waals surface area contributed by atoms with Crippen LogP contribution in [0.4, 0.5) is 0 Å². The Morgan fingerprint density at radius 1 is 1.21 bits per heavy atom. The predicted molar refractivity (Wildman–Crippen MR) is 95.0 cm³/mol. The maximum absolute atomic E-state index is 11.8. The summed E-state index contributed by atoms with van der Waals surface area (Å²) in [5, 5.41) is 8.53. The normalized spacial score (nSPS) is 10.5. The summed E-state index contributed by atoms with van der Waals surface area (Å²) in [5.41, 5.74) is 6.79. The zero-order chi connectivity index (χ0) is 17.1. The number of ether oxygens (including phenoxy) is 2. The van der Waals surface area contributed by atoms with Crippen molar-refractivity contribution in [2.24, 2.45) is 5.73 Å². The number of nitrogens with two attached hydrogens (primary N) is 1. The molecule has 0 aliphatic rings. The summed E-state index contributed by atoms with van der Waals surface area (Å²) in [4.78, 5) is 12.5. The largest absolute Gasteiger partial charge is 0.489 e. The lowest BCUT2D eigenvalue weighted by atomic mass is 10.1. The van der Waals surface area contributed by atoms with Gasteiger partial charge in [0.05, 0.1) is 17.6 Å². The molecule has 2 aromatic carbocycles. The average molecular weight is 340 g/mol. The van der Waals surface area contributed by atoms with Crippen LogP contribution < -0.4 is 10.5 Å².